The van der Waals surface area contributed by atoms with E-state index in [2.05, 4.69) is 5.32 Å². The Kier molecular flexibility index (Phi) is 3.99. The molecule has 4 heteroatoms. The molecular weight excluding hydrogens is 240 g/mol. The molecule has 0 aliphatic heterocycles. The molecule has 4 nitrogen and oxygen atoms in total. The van der Waals surface area contributed by atoms with Gasteiger partial charge >= 0.3 is 0 Å². The van der Waals surface area contributed by atoms with Crippen molar-refractivity contribution in [1.29, 1.82) is 0 Å². The Morgan fingerprint density at radius 3 is 2.84 bits per heavy atom. The summed E-state index contributed by atoms with van der Waals surface area (Å²) in [6, 6.07) is 0. The van der Waals surface area contributed by atoms with Gasteiger partial charge in [0.2, 0.25) is 5.91 Å². The molecule has 19 heavy (non-hydrogen) atoms. The predicted octanol–water partition coefficient (Wildman–Crippen LogP) is 2.16. The molecule has 106 valence electrons. The molecule has 2 N–H and O–H groups in total. The van der Waals surface area contributed by atoms with E-state index in [0.717, 1.165) is 31.2 Å². The topological polar surface area (TPSA) is 54.3 Å². The molecule has 0 saturated heterocycles. The molecule has 1 aliphatic rings. The van der Waals surface area contributed by atoms with Crippen molar-refractivity contribution in [1.82, 2.24) is 9.88 Å². The second-order valence-corrected chi connectivity index (χ2v) is 6.47. The van der Waals surface area contributed by atoms with Crippen LogP contribution in [0, 0.1) is 0 Å². The summed E-state index contributed by atoms with van der Waals surface area (Å²) < 4.78 is 1.89. The van der Waals surface area contributed by atoms with Crippen molar-refractivity contribution in [2.45, 2.75) is 64.6 Å². The fourth-order valence-corrected chi connectivity index (χ4v) is 2.61. The van der Waals surface area contributed by atoms with Gasteiger partial charge in [-0.1, -0.05) is 6.42 Å². The number of nitrogens with zero attached hydrogens (tertiary/aromatic N) is 1. The lowest BCUT2D eigenvalue weighted by Gasteiger charge is -2.20. The summed E-state index contributed by atoms with van der Waals surface area (Å²) in [6.07, 6.45) is 7.57. The lowest BCUT2D eigenvalue weighted by molar-refractivity contribution is -0.123. The minimum Gasteiger partial charge on any atom is -0.388 e. The molecule has 0 fully saturated rings. The zero-order valence-electron chi connectivity index (χ0n) is 12.1. The van der Waals surface area contributed by atoms with Gasteiger partial charge in [0.25, 0.3) is 0 Å². The number of amides is 1. The third kappa shape index (κ3) is 3.83. The number of hydrogen-bond acceptors (Lipinski definition) is 2. The molecular formula is C15H24N2O2. The fraction of sp³-hybridized carbons (Fsp3) is 0.667. The molecule has 1 atom stereocenters. The van der Waals surface area contributed by atoms with E-state index in [1.54, 1.807) is 0 Å². The van der Waals surface area contributed by atoms with Crippen molar-refractivity contribution in [3.63, 3.8) is 0 Å². The minimum absolute atomic E-state index is 0.00662. The molecule has 1 aromatic heterocycles. The van der Waals surface area contributed by atoms with E-state index in [4.69, 9.17) is 0 Å². The normalized spacial score (nSPS) is 19.7. The van der Waals surface area contributed by atoms with Crippen LogP contribution < -0.4 is 5.32 Å². The molecule has 0 spiro atoms. The largest absolute Gasteiger partial charge is 0.388 e. The van der Waals surface area contributed by atoms with Crippen LogP contribution in [-0.4, -0.2) is 21.1 Å². The number of fused-ring (bicyclic) bond motifs is 1. The number of aliphatic hydroxyl groups is 1. The second kappa shape index (κ2) is 5.37. The van der Waals surface area contributed by atoms with Gasteiger partial charge in [0, 0.05) is 23.5 Å². The average molecular weight is 264 g/mol. The fourth-order valence-electron chi connectivity index (χ4n) is 2.61. The van der Waals surface area contributed by atoms with Crippen LogP contribution in [0.25, 0.3) is 0 Å². The van der Waals surface area contributed by atoms with Gasteiger partial charge in [-0.3, -0.25) is 4.79 Å². The van der Waals surface area contributed by atoms with Crippen LogP contribution in [0.1, 0.15) is 57.3 Å². The van der Waals surface area contributed by atoms with E-state index in [-0.39, 0.29) is 17.6 Å². The number of hydrogen-bond donors (Lipinski definition) is 2. The lowest BCUT2D eigenvalue weighted by Crippen LogP contribution is -2.42. The summed E-state index contributed by atoms with van der Waals surface area (Å²) in [5.41, 5.74) is 1.98. The maximum absolute atomic E-state index is 11.9. The standard InChI is InChI=1S/C15H24N2O2/c1-15(2,3)16-14(19)10-17-8-11-6-4-5-7-13(18)12(11)9-17/h8-9,13,18H,4-7,10H2,1-3H3,(H,16,19). The molecule has 1 unspecified atom stereocenters. The van der Waals surface area contributed by atoms with Gasteiger partial charge in [0.05, 0.1) is 6.10 Å². The van der Waals surface area contributed by atoms with Gasteiger partial charge < -0.3 is 15.0 Å². The van der Waals surface area contributed by atoms with Crippen molar-refractivity contribution >= 4 is 5.91 Å². The van der Waals surface area contributed by atoms with Crippen LogP contribution in [0.15, 0.2) is 12.4 Å². The van der Waals surface area contributed by atoms with E-state index in [0.29, 0.717) is 6.54 Å². The number of aliphatic hydroxyl groups excluding tert-OH is 1. The predicted molar refractivity (Wildman–Crippen MR) is 74.8 cm³/mol. The number of aromatic nitrogens is 1. The molecule has 1 heterocycles. The van der Waals surface area contributed by atoms with E-state index >= 15 is 0 Å². The quantitative estimate of drug-likeness (QED) is 0.804. The Bertz CT molecular complexity index is 457. The van der Waals surface area contributed by atoms with Crippen LogP contribution >= 0.6 is 0 Å². The van der Waals surface area contributed by atoms with Crippen molar-refractivity contribution in [2.24, 2.45) is 0 Å². The van der Waals surface area contributed by atoms with Gasteiger partial charge in [-0.05, 0) is 45.6 Å². The summed E-state index contributed by atoms with van der Waals surface area (Å²) in [5.74, 6) is 0.00662. The van der Waals surface area contributed by atoms with Crippen molar-refractivity contribution in [2.75, 3.05) is 0 Å². The Hall–Kier alpha value is -1.29. The highest BCUT2D eigenvalue weighted by atomic mass is 16.3. The van der Waals surface area contributed by atoms with Gasteiger partial charge in [-0.2, -0.15) is 0 Å². The van der Waals surface area contributed by atoms with Gasteiger partial charge in [0.15, 0.2) is 0 Å². The Balaban J connectivity index is 2.07. The first-order valence-corrected chi connectivity index (χ1v) is 7.03. The molecule has 1 aromatic rings. The summed E-state index contributed by atoms with van der Waals surface area (Å²) in [5, 5.41) is 13.0. The summed E-state index contributed by atoms with van der Waals surface area (Å²) >= 11 is 0. The highest BCUT2D eigenvalue weighted by molar-refractivity contribution is 5.76. The number of aryl methyl sites for hydroxylation is 1. The third-order valence-electron chi connectivity index (χ3n) is 3.37. The highest BCUT2D eigenvalue weighted by Crippen LogP contribution is 2.29. The van der Waals surface area contributed by atoms with Crippen LogP contribution in [-0.2, 0) is 17.8 Å². The number of rotatable bonds is 2. The first kappa shape index (κ1) is 14.1. The maximum atomic E-state index is 11.9. The van der Waals surface area contributed by atoms with Crippen LogP contribution in [0.2, 0.25) is 0 Å². The molecule has 0 radical (unpaired) electrons. The van der Waals surface area contributed by atoms with Gasteiger partial charge in [-0.25, -0.2) is 0 Å². The SMILES string of the molecule is CC(C)(C)NC(=O)Cn1cc2c(c1)C(O)CCCC2. The molecule has 1 amide bonds. The summed E-state index contributed by atoms with van der Waals surface area (Å²) in [6.45, 7) is 6.23. The van der Waals surface area contributed by atoms with E-state index in [1.165, 1.54) is 5.56 Å². The zero-order valence-corrected chi connectivity index (χ0v) is 12.1. The zero-order chi connectivity index (χ0) is 14.0. The average Bonchev–Trinajstić information content (AvgIpc) is 2.57. The molecule has 0 saturated carbocycles. The lowest BCUT2D eigenvalue weighted by atomic mass is 10.1. The first-order chi connectivity index (χ1) is 8.85. The number of carbonyl (C=O) groups excluding carboxylic acids is 1. The third-order valence-corrected chi connectivity index (χ3v) is 3.37. The van der Waals surface area contributed by atoms with Crippen LogP contribution in [0.4, 0.5) is 0 Å². The van der Waals surface area contributed by atoms with Crippen molar-refractivity contribution < 1.29 is 9.90 Å². The van der Waals surface area contributed by atoms with Gasteiger partial charge in [0.1, 0.15) is 6.54 Å². The van der Waals surface area contributed by atoms with Gasteiger partial charge in [-0.15, -0.1) is 0 Å². The monoisotopic (exact) mass is 264 g/mol. The summed E-state index contributed by atoms with van der Waals surface area (Å²) in [4.78, 5) is 11.9. The Labute approximate surface area is 114 Å². The van der Waals surface area contributed by atoms with E-state index < -0.39 is 0 Å². The highest BCUT2D eigenvalue weighted by Gasteiger charge is 2.20. The summed E-state index contributed by atoms with van der Waals surface area (Å²) in [7, 11) is 0. The molecule has 1 aliphatic carbocycles. The molecule has 0 aromatic carbocycles. The Morgan fingerprint density at radius 2 is 2.16 bits per heavy atom. The van der Waals surface area contributed by atoms with Crippen molar-refractivity contribution in [3.8, 4) is 0 Å². The molecule has 0 bridgehead atoms. The second-order valence-electron chi connectivity index (χ2n) is 6.47. The smallest absolute Gasteiger partial charge is 0.240 e. The van der Waals surface area contributed by atoms with Crippen molar-refractivity contribution in [3.05, 3.63) is 23.5 Å². The minimum atomic E-state index is -0.371. The Morgan fingerprint density at radius 1 is 1.42 bits per heavy atom. The molecule has 2 rings (SSSR count). The number of nitrogens with one attached hydrogen (secondary N) is 1. The van der Waals surface area contributed by atoms with E-state index in [1.807, 2.05) is 37.7 Å². The van der Waals surface area contributed by atoms with E-state index in [9.17, 15) is 9.90 Å². The first-order valence-electron chi connectivity index (χ1n) is 7.03. The van der Waals surface area contributed by atoms with Crippen LogP contribution in [0.5, 0.6) is 0 Å². The maximum Gasteiger partial charge on any atom is 0.240 e. The van der Waals surface area contributed by atoms with Crippen LogP contribution in [0.3, 0.4) is 0 Å². The number of carbonyl (C=O) groups is 1.